The highest BCUT2D eigenvalue weighted by Gasteiger charge is 2.30. The molecule has 0 aliphatic heterocycles. The van der Waals surface area contributed by atoms with Gasteiger partial charge in [-0.25, -0.2) is 4.79 Å². The van der Waals surface area contributed by atoms with Gasteiger partial charge >= 0.3 is 5.97 Å². The lowest BCUT2D eigenvalue weighted by atomic mass is 9.78. The quantitative estimate of drug-likeness (QED) is 0.686. The molecule has 4 unspecified atom stereocenters. The van der Waals surface area contributed by atoms with Gasteiger partial charge in [0, 0.05) is 11.6 Å². The molecule has 29 heavy (non-hydrogen) atoms. The van der Waals surface area contributed by atoms with E-state index in [2.05, 4.69) is 24.5 Å². The third-order valence-electron chi connectivity index (χ3n) is 5.92. The van der Waals surface area contributed by atoms with Crippen LogP contribution in [0.5, 0.6) is 0 Å². The highest BCUT2D eigenvalue weighted by Crippen LogP contribution is 2.29. The van der Waals surface area contributed by atoms with Gasteiger partial charge in [0.05, 0.1) is 0 Å². The van der Waals surface area contributed by atoms with Crippen LogP contribution in [0.4, 0.5) is 0 Å². The minimum Gasteiger partial charge on any atom is -0.454 e. The van der Waals surface area contributed by atoms with Crippen LogP contribution in [0.2, 0.25) is 0 Å². The van der Waals surface area contributed by atoms with Gasteiger partial charge in [-0.3, -0.25) is 9.59 Å². The van der Waals surface area contributed by atoms with Gasteiger partial charge in [-0.2, -0.15) is 0 Å². The number of rotatable bonds is 7. The molecule has 1 aliphatic rings. The number of hydrogen-bond acceptors (Lipinski definition) is 4. The van der Waals surface area contributed by atoms with Crippen molar-refractivity contribution in [1.82, 2.24) is 10.6 Å². The number of amides is 2. The summed E-state index contributed by atoms with van der Waals surface area (Å²) >= 11 is 0. The van der Waals surface area contributed by atoms with E-state index >= 15 is 0 Å². The number of aryl methyl sites for hydroxylation is 1. The minimum atomic E-state index is -0.815. The molecule has 0 radical (unpaired) electrons. The fraction of sp³-hybridized carbons (Fsp3) is 0.609. The van der Waals surface area contributed by atoms with Crippen LogP contribution >= 0.6 is 0 Å². The fourth-order valence-electron chi connectivity index (χ4n) is 3.69. The zero-order valence-corrected chi connectivity index (χ0v) is 18.2. The molecule has 0 aromatic heterocycles. The van der Waals surface area contributed by atoms with E-state index in [0.29, 0.717) is 17.4 Å². The van der Waals surface area contributed by atoms with Gasteiger partial charge in [0.2, 0.25) is 0 Å². The number of hydrogen-bond donors (Lipinski definition) is 2. The van der Waals surface area contributed by atoms with Gasteiger partial charge in [0.1, 0.15) is 6.04 Å². The molecule has 1 aromatic carbocycles. The molecule has 0 bridgehead atoms. The summed E-state index contributed by atoms with van der Waals surface area (Å²) in [6, 6.07) is 6.42. The molecule has 2 rings (SSSR count). The zero-order chi connectivity index (χ0) is 21.6. The number of carbonyl (C=O) groups excluding carboxylic acids is 3. The Bertz CT molecular complexity index is 714. The van der Waals surface area contributed by atoms with Crippen LogP contribution in [0.15, 0.2) is 24.3 Å². The summed E-state index contributed by atoms with van der Waals surface area (Å²) < 4.78 is 5.22. The van der Waals surface area contributed by atoms with Crippen molar-refractivity contribution in [2.24, 2.45) is 17.8 Å². The molecule has 4 atom stereocenters. The summed E-state index contributed by atoms with van der Waals surface area (Å²) in [7, 11) is 0. The minimum absolute atomic E-state index is 0.118. The van der Waals surface area contributed by atoms with Crippen LogP contribution in [0.1, 0.15) is 62.9 Å². The molecular weight excluding hydrogens is 368 g/mol. The maximum Gasteiger partial charge on any atom is 0.329 e. The molecule has 1 saturated carbocycles. The topological polar surface area (TPSA) is 84.5 Å². The van der Waals surface area contributed by atoms with Crippen molar-refractivity contribution >= 4 is 17.8 Å². The smallest absolute Gasteiger partial charge is 0.329 e. The van der Waals surface area contributed by atoms with Gasteiger partial charge in [0.15, 0.2) is 6.61 Å². The fourth-order valence-corrected chi connectivity index (χ4v) is 3.69. The van der Waals surface area contributed by atoms with Gasteiger partial charge in [0.25, 0.3) is 11.8 Å². The average Bonchev–Trinajstić information content (AvgIpc) is 2.68. The van der Waals surface area contributed by atoms with Crippen LogP contribution in [-0.4, -0.2) is 36.5 Å². The normalized spacial score (nSPS) is 22.6. The van der Waals surface area contributed by atoms with Crippen LogP contribution in [0.3, 0.4) is 0 Å². The Labute approximate surface area is 173 Å². The Hall–Kier alpha value is -2.37. The summed E-state index contributed by atoms with van der Waals surface area (Å²) in [5.41, 5.74) is 1.53. The molecule has 1 aliphatic carbocycles. The molecule has 6 heteroatoms. The second-order valence-electron chi connectivity index (χ2n) is 8.61. The van der Waals surface area contributed by atoms with E-state index < -0.39 is 12.0 Å². The monoisotopic (exact) mass is 402 g/mol. The Morgan fingerprint density at radius 2 is 1.76 bits per heavy atom. The second kappa shape index (κ2) is 10.4. The molecule has 160 valence electrons. The SMILES string of the molecule is Cc1ccc(C(=O)NC(C(=O)OCC(=O)NC2CCCC(C)C2C)C(C)C)cc1. The van der Waals surface area contributed by atoms with E-state index in [0.717, 1.165) is 18.4 Å². The van der Waals surface area contributed by atoms with E-state index in [4.69, 9.17) is 4.74 Å². The van der Waals surface area contributed by atoms with E-state index in [1.165, 1.54) is 6.42 Å². The third kappa shape index (κ3) is 6.58. The summed E-state index contributed by atoms with van der Waals surface area (Å²) in [5, 5.41) is 5.72. The molecule has 0 spiro atoms. The largest absolute Gasteiger partial charge is 0.454 e. The molecular formula is C23H34N2O4. The zero-order valence-electron chi connectivity index (χ0n) is 18.2. The summed E-state index contributed by atoms with van der Waals surface area (Å²) in [6.07, 6.45) is 3.22. The molecule has 0 heterocycles. The lowest BCUT2D eigenvalue weighted by Crippen LogP contribution is -2.48. The standard InChI is InChI=1S/C23H34N2O4/c1-14(2)21(25-22(27)18-11-9-15(3)10-12-18)23(28)29-13-20(26)24-19-8-6-7-16(4)17(19)5/h9-12,14,16-17,19,21H,6-8,13H2,1-5H3,(H,24,26)(H,25,27). The van der Waals surface area contributed by atoms with Crippen molar-refractivity contribution < 1.29 is 19.1 Å². The maximum atomic E-state index is 12.5. The lowest BCUT2D eigenvalue weighted by Gasteiger charge is -2.34. The van der Waals surface area contributed by atoms with Crippen LogP contribution in [0, 0.1) is 24.7 Å². The Kier molecular flexibility index (Phi) is 8.23. The van der Waals surface area contributed by atoms with Crippen LogP contribution in [0.25, 0.3) is 0 Å². The number of ether oxygens (including phenoxy) is 1. The van der Waals surface area contributed by atoms with E-state index in [-0.39, 0.29) is 30.4 Å². The predicted molar refractivity (Wildman–Crippen MR) is 112 cm³/mol. The second-order valence-corrected chi connectivity index (χ2v) is 8.61. The third-order valence-corrected chi connectivity index (χ3v) is 5.92. The average molecular weight is 403 g/mol. The van der Waals surface area contributed by atoms with Crippen molar-refractivity contribution in [3.8, 4) is 0 Å². The Balaban J connectivity index is 1.87. The first kappa shape index (κ1) is 22.9. The van der Waals surface area contributed by atoms with Gasteiger partial charge < -0.3 is 15.4 Å². The van der Waals surface area contributed by atoms with Gasteiger partial charge in [-0.15, -0.1) is 0 Å². The van der Waals surface area contributed by atoms with Crippen molar-refractivity contribution in [3.05, 3.63) is 35.4 Å². The summed E-state index contributed by atoms with van der Waals surface area (Å²) in [4.78, 5) is 37.2. The number of benzene rings is 1. The molecule has 6 nitrogen and oxygen atoms in total. The Morgan fingerprint density at radius 3 is 2.38 bits per heavy atom. The summed E-state index contributed by atoms with van der Waals surface area (Å²) in [5.74, 6) is -0.425. The molecule has 2 N–H and O–H groups in total. The summed E-state index contributed by atoms with van der Waals surface area (Å²) in [6.45, 7) is 9.61. The highest BCUT2D eigenvalue weighted by atomic mass is 16.5. The van der Waals surface area contributed by atoms with Crippen molar-refractivity contribution in [2.45, 2.75) is 66.0 Å². The first-order valence-corrected chi connectivity index (χ1v) is 10.5. The number of carbonyl (C=O) groups is 3. The van der Waals surface area contributed by atoms with E-state index in [1.54, 1.807) is 12.1 Å². The molecule has 1 fully saturated rings. The number of esters is 1. The predicted octanol–water partition coefficient (Wildman–Crippen LogP) is 3.23. The van der Waals surface area contributed by atoms with Crippen molar-refractivity contribution in [2.75, 3.05) is 6.61 Å². The molecule has 2 amide bonds. The van der Waals surface area contributed by atoms with E-state index in [1.807, 2.05) is 32.9 Å². The lowest BCUT2D eigenvalue weighted by molar-refractivity contribution is -0.151. The van der Waals surface area contributed by atoms with Crippen molar-refractivity contribution in [3.63, 3.8) is 0 Å². The molecule has 1 aromatic rings. The Morgan fingerprint density at radius 1 is 1.10 bits per heavy atom. The maximum absolute atomic E-state index is 12.5. The van der Waals surface area contributed by atoms with Crippen molar-refractivity contribution in [1.29, 1.82) is 0 Å². The number of nitrogens with one attached hydrogen (secondary N) is 2. The van der Waals surface area contributed by atoms with Gasteiger partial charge in [-0.1, -0.05) is 58.2 Å². The first-order valence-electron chi connectivity index (χ1n) is 10.5. The van der Waals surface area contributed by atoms with Crippen LogP contribution in [-0.2, 0) is 14.3 Å². The van der Waals surface area contributed by atoms with Crippen LogP contribution < -0.4 is 10.6 Å². The highest BCUT2D eigenvalue weighted by molar-refractivity contribution is 5.97. The molecule has 0 saturated heterocycles. The van der Waals surface area contributed by atoms with E-state index in [9.17, 15) is 14.4 Å². The first-order chi connectivity index (χ1) is 13.7. The van der Waals surface area contributed by atoms with Gasteiger partial charge in [-0.05, 0) is 43.2 Å².